The van der Waals surface area contributed by atoms with Crippen LogP contribution < -0.4 is 4.90 Å². The molecule has 0 saturated heterocycles. The van der Waals surface area contributed by atoms with Crippen molar-refractivity contribution < 1.29 is 9.59 Å². The van der Waals surface area contributed by atoms with E-state index >= 15 is 0 Å². The average Bonchev–Trinajstić information content (AvgIpc) is 3.11. The molecular formula is C31H41NO2. The third kappa shape index (κ3) is 3.53. The van der Waals surface area contributed by atoms with Gasteiger partial charge in [0.05, 0.1) is 0 Å². The van der Waals surface area contributed by atoms with E-state index in [4.69, 9.17) is 0 Å². The largest absolute Gasteiger partial charge is 0.378 e. The molecule has 5 rings (SSSR count). The van der Waals surface area contributed by atoms with Gasteiger partial charge in [0, 0.05) is 38.0 Å². The summed E-state index contributed by atoms with van der Waals surface area (Å²) >= 11 is 0. The Morgan fingerprint density at radius 1 is 1.12 bits per heavy atom. The Bertz CT molecular complexity index is 1060. The van der Waals surface area contributed by atoms with Crippen molar-refractivity contribution in [3.05, 3.63) is 52.6 Å². The number of fused-ring (bicyclic) bond motifs is 4. The maximum Gasteiger partial charge on any atom is 0.156 e. The highest BCUT2D eigenvalue weighted by molar-refractivity contribution is 5.93. The van der Waals surface area contributed by atoms with Gasteiger partial charge in [-0.2, -0.15) is 0 Å². The summed E-state index contributed by atoms with van der Waals surface area (Å²) in [4.78, 5) is 27.6. The number of nitrogens with zero attached hydrogens (tertiary/aromatic N) is 1. The fraction of sp³-hybridized carbons (Fsp3) is 0.613. The number of ketones is 2. The predicted molar refractivity (Wildman–Crippen MR) is 139 cm³/mol. The van der Waals surface area contributed by atoms with E-state index in [9.17, 15) is 9.59 Å². The molecule has 0 amide bonds. The molecule has 182 valence electrons. The van der Waals surface area contributed by atoms with Gasteiger partial charge in [-0.05, 0) is 96.6 Å². The number of Topliss-reactive ketones (excluding diaryl/α,β-unsaturated/α-hetero) is 1. The molecule has 3 nitrogen and oxygen atoms in total. The van der Waals surface area contributed by atoms with Crippen LogP contribution in [0.3, 0.4) is 0 Å². The van der Waals surface area contributed by atoms with E-state index in [1.54, 1.807) is 5.57 Å². The van der Waals surface area contributed by atoms with Crippen molar-refractivity contribution in [2.75, 3.05) is 19.0 Å². The van der Waals surface area contributed by atoms with E-state index in [1.807, 2.05) is 13.0 Å². The Kier molecular flexibility index (Phi) is 5.89. The van der Waals surface area contributed by atoms with Crippen LogP contribution in [-0.2, 0) is 9.59 Å². The smallest absolute Gasteiger partial charge is 0.156 e. The lowest BCUT2D eigenvalue weighted by Crippen LogP contribution is -2.46. The van der Waals surface area contributed by atoms with Gasteiger partial charge in [0.15, 0.2) is 5.78 Å². The zero-order valence-corrected chi connectivity index (χ0v) is 21.9. The molecule has 0 spiro atoms. The fourth-order valence-electron chi connectivity index (χ4n) is 8.64. The normalized spacial score (nSPS) is 37.0. The second-order valence-corrected chi connectivity index (χ2v) is 12.1. The van der Waals surface area contributed by atoms with E-state index in [2.05, 4.69) is 64.0 Å². The maximum atomic E-state index is 13.1. The zero-order valence-electron chi connectivity index (χ0n) is 21.9. The third-order valence-electron chi connectivity index (χ3n) is 10.0. The Morgan fingerprint density at radius 2 is 1.82 bits per heavy atom. The molecule has 2 saturated carbocycles. The molecule has 0 aliphatic heterocycles. The average molecular weight is 460 g/mol. The first-order chi connectivity index (χ1) is 16.2. The molecule has 4 aliphatic carbocycles. The summed E-state index contributed by atoms with van der Waals surface area (Å²) in [6.07, 6.45) is 7.93. The standard InChI is InChI=1S/C31H41NO2/c1-7-20-15-28-26-14-18(2)25-16-23(34)12-13-24(25)29(26)27(17-31(28,4)30(20)19(3)33)21-8-10-22(11-9-21)32(5)6/h8-11,16,18,20,26-28,30H,7,12-15,17H2,1-6H3/t18-,20-,26?,27?,28?,30?,31+/m1/s1. The summed E-state index contributed by atoms with van der Waals surface area (Å²) in [7, 11) is 4.17. The molecule has 0 heterocycles. The monoisotopic (exact) mass is 459 g/mol. The number of carbonyl (C=O) groups is 2. The molecule has 7 atom stereocenters. The highest BCUT2D eigenvalue weighted by Gasteiger charge is 2.60. The highest BCUT2D eigenvalue weighted by atomic mass is 16.1. The number of allylic oxidation sites excluding steroid dienone is 4. The van der Waals surface area contributed by atoms with Crippen molar-refractivity contribution in [1.82, 2.24) is 0 Å². The molecule has 0 N–H and O–H groups in total. The van der Waals surface area contributed by atoms with E-state index in [-0.39, 0.29) is 11.3 Å². The van der Waals surface area contributed by atoms with Crippen LogP contribution in [0.1, 0.15) is 77.7 Å². The van der Waals surface area contributed by atoms with Gasteiger partial charge in [-0.1, -0.05) is 44.9 Å². The molecule has 1 aromatic carbocycles. The van der Waals surface area contributed by atoms with Crippen LogP contribution in [0.4, 0.5) is 5.69 Å². The number of rotatable bonds is 4. The van der Waals surface area contributed by atoms with Crippen molar-refractivity contribution in [3.8, 4) is 0 Å². The Labute approximate surface area is 205 Å². The van der Waals surface area contributed by atoms with Gasteiger partial charge in [-0.25, -0.2) is 0 Å². The van der Waals surface area contributed by atoms with Gasteiger partial charge in [0.1, 0.15) is 5.78 Å². The van der Waals surface area contributed by atoms with Gasteiger partial charge < -0.3 is 4.90 Å². The van der Waals surface area contributed by atoms with E-state index < -0.39 is 0 Å². The molecule has 0 radical (unpaired) electrons. The van der Waals surface area contributed by atoms with Crippen LogP contribution in [0.5, 0.6) is 0 Å². The van der Waals surface area contributed by atoms with Crippen molar-refractivity contribution in [2.24, 2.45) is 35.0 Å². The van der Waals surface area contributed by atoms with Crippen LogP contribution in [0.2, 0.25) is 0 Å². The third-order valence-corrected chi connectivity index (χ3v) is 10.0. The van der Waals surface area contributed by atoms with Crippen molar-refractivity contribution >= 4 is 17.3 Å². The van der Waals surface area contributed by atoms with Crippen LogP contribution in [0.15, 0.2) is 47.1 Å². The van der Waals surface area contributed by atoms with Crippen molar-refractivity contribution in [1.29, 1.82) is 0 Å². The van der Waals surface area contributed by atoms with Gasteiger partial charge in [-0.15, -0.1) is 0 Å². The van der Waals surface area contributed by atoms with Crippen molar-refractivity contribution in [3.63, 3.8) is 0 Å². The molecule has 1 aromatic rings. The lowest BCUT2D eigenvalue weighted by Gasteiger charge is -2.53. The molecule has 3 heteroatoms. The summed E-state index contributed by atoms with van der Waals surface area (Å²) in [5.74, 6) is 3.18. The highest BCUT2D eigenvalue weighted by Crippen LogP contribution is 2.67. The Hall–Kier alpha value is -2.16. The second-order valence-electron chi connectivity index (χ2n) is 12.1. The number of hydrogen-bond donors (Lipinski definition) is 0. The molecule has 0 aromatic heterocycles. The van der Waals surface area contributed by atoms with Crippen molar-refractivity contribution in [2.45, 2.75) is 72.1 Å². The summed E-state index contributed by atoms with van der Waals surface area (Å²) in [5.41, 5.74) is 7.06. The summed E-state index contributed by atoms with van der Waals surface area (Å²) in [5, 5.41) is 0. The van der Waals surface area contributed by atoms with Crippen LogP contribution >= 0.6 is 0 Å². The van der Waals surface area contributed by atoms with E-state index in [0.717, 1.165) is 25.7 Å². The molecule has 0 bridgehead atoms. The number of hydrogen-bond acceptors (Lipinski definition) is 3. The maximum absolute atomic E-state index is 13.1. The zero-order chi connectivity index (χ0) is 24.4. The minimum atomic E-state index is 0.0392. The minimum Gasteiger partial charge on any atom is -0.378 e. The lowest BCUT2D eigenvalue weighted by molar-refractivity contribution is -0.127. The van der Waals surface area contributed by atoms with Crippen LogP contribution in [-0.4, -0.2) is 25.7 Å². The Morgan fingerprint density at radius 3 is 2.44 bits per heavy atom. The van der Waals surface area contributed by atoms with Gasteiger partial charge in [-0.3, -0.25) is 9.59 Å². The first-order valence-corrected chi connectivity index (χ1v) is 13.4. The molecular weight excluding hydrogens is 418 g/mol. The van der Waals surface area contributed by atoms with E-state index in [1.165, 1.54) is 28.8 Å². The molecule has 2 fully saturated rings. The predicted octanol–water partition coefficient (Wildman–Crippen LogP) is 6.74. The Balaban J connectivity index is 1.69. The van der Waals surface area contributed by atoms with E-state index in [0.29, 0.717) is 47.6 Å². The lowest BCUT2D eigenvalue weighted by atomic mass is 9.50. The summed E-state index contributed by atoms with van der Waals surface area (Å²) in [6, 6.07) is 9.11. The van der Waals surface area contributed by atoms with Gasteiger partial charge in [0.25, 0.3) is 0 Å². The number of benzene rings is 1. The number of anilines is 1. The second kappa shape index (κ2) is 8.50. The first-order valence-electron chi connectivity index (χ1n) is 13.4. The fourth-order valence-corrected chi connectivity index (χ4v) is 8.64. The number of carbonyl (C=O) groups excluding carboxylic acids is 2. The molecule has 4 unspecified atom stereocenters. The summed E-state index contributed by atoms with van der Waals surface area (Å²) in [6.45, 7) is 8.88. The minimum absolute atomic E-state index is 0.0392. The van der Waals surface area contributed by atoms with Gasteiger partial charge in [0.2, 0.25) is 0 Å². The first kappa shape index (κ1) is 23.6. The topological polar surface area (TPSA) is 37.4 Å². The van der Waals surface area contributed by atoms with Gasteiger partial charge >= 0.3 is 0 Å². The SMILES string of the molecule is CC[C@@H]1CC2C3C[C@@H](C)C4=CC(=O)CCC4=C3C(c3ccc(N(C)C)cc3)C[C@]2(C)C1C(C)=O. The van der Waals surface area contributed by atoms with Crippen LogP contribution in [0, 0.1) is 35.0 Å². The summed E-state index contributed by atoms with van der Waals surface area (Å²) < 4.78 is 0. The molecule has 34 heavy (non-hydrogen) atoms. The quantitative estimate of drug-likeness (QED) is 0.500. The van der Waals surface area contributed by atoms with Crippen LogP contribution in [0.25, 0.3) is 0 Å². The molecule has 4 aliphatic rings.